The second kappa shape index (κ2) is 11.9. The predicted octanol–water partition coefficient (Wildman–Crippen LogP) is 10.9. The van der Waals surface area contributed by atoms with Crippen LogP contribution in [0.3, 0.4) is 0 Å². The van der Waals surface area contributed by atoms with E-state index in [-0.39, 0.29) is 0 Å². The Kier molecular flexibility index (Phi) is 6.76. The van der Waals surface area contributed by atoms with Crippen molar-refractivity contribution >= 4 is 43.6 Å². The number of aromatic nitrogens is 5. The molecule has 10 aromatic rings. The fourth-order valence-corrected chi connectivity index (χ4v) is 7.38. The third-order valence-corrected chi connectivity index (χ3v) is 9.82. The first-order chi connectivity index (χ1) is 25.7. The second-order valence-electron chi connectivity index (χ2n) is 12.8. The van der Waals surface area contributed by atoms with Crippen LogP contribution in [0.4, 0.5) is 0 Å². The normalized spacial score (nSPS) is 11.4. The minimum absolute atomic E-state index is 0.488. The van der Waals surface area contributed by atoms with E-state index in [1.165, 1.54) is 21.8 Å². The van der Waals surface area contributed by atoms with Crippen LogP contribution in [0.15, 0.2) is 170 Å². The summed E-state index contributed by atoms with van der Waals surface area (Å²) in [5, 5.41) is 14.5. The lowest BCUT2D eigenvalue weighted by Crippen LogP contribution is -2.06. The summed E-state index contributed by atoms with van der Waals surface area (Å²) in [6.07, 6.45) is 0. The zero-order valence-electron chi connectivity index (χ0n) is 27.8. The molecule has 0 N–H and O–H groups in total. The average molecular weight is 665 g/mol. The number of hydrogen-bond donors (Lipinski definition) is 0. The number of nitriles is 1. The smallest absolute Gasteiger partial charge is 0.238 e. The highest BCUT2D eigenvalue weighted by Crippen LogP contribution is 2.37. The zero-order valence-corrected chi connectivity index (χ0v) is 27.8. The Bertz CT molecular complexity index is 2890. The molecule has 0 fully saturated rings. The molecule has 10 rings (SSSR count). The standard InChI is InChI=1S/C46H28N6/c47-29-30-19-25-38-39-26-22-34(31-20-23-35(24-21-31)51-40-17-9-7-15-36(40)37-16-8-10-18-41(37)51)28-43(39)52(42(38)27-30)46-49-44(32-11-3-1-4-12-32)48-45(50-46)33-13-5-2-6-14-33/h1-28H. The molecule has 52 heavy (non-hydrogen) atoms. The zero-order chi connectivity index (χ0) is 34.6. The van der Waals surface area contributed by atoms with Gasteiger partial charge in [-0.1, -0.05) is 127 Å². The van der Waals surface area contributed by atoms with Gasteiger partial charge in [0.15, 0.2) is 11.6 Å². The number of fused-ring (bicyclic) bond motifs is 6. The molecule has 7 aromatic carbocycles. The molecule has 0 aliphatic carbocycles. The minimum Gasteiger partial charge on any atom is -0.309 e. The lowest BCUT2D eigenvalue weighted by atomic mass is 10.0. The van der Waals surface area contributed by atoms with Crippen molar-refractivity contribution in [1.82, 2.24) is 24.1 Å². The topological polar surface area (TPSA) is 72.3 Å². The van der Waals surface area contributed by atoms with Gasteiger partial charge in [-0.3, -0.25) is 4.57 Å². The molecule has 0 amide bonds. The van der Waals surface area contributed by atoms with Crippen LogP contribution in [0.2, 0.25) is 0 Å². The molecule has 0 aliphatic heterocycles. The summed E-state index contributed by atoms with van der Waals surface area (Å²) >= 11 is 0. The van der Waals surface area contributed by atoms with E-state index in [9.17, 15) is 5.26 Å². The first-order valence-electron chi connectivity index (χ1n) is 17.2. The lowest BCUT2D eigenvalue weighted by molar-refractivity contribution is 0.953. The van der Waals surface area contributed by atoms with Crippen LogP contribution < -0.4 is 0 Å². The maximum absolute atomic E-state index is 9.92. The van der Waals surface area contributed by atoms with Crippen LogP contribution in [-0.4, -0.2) is 24.1 Å². The van der Waals surface area contributed by atoms with E-state index in [0.29, 0.717) is 23.2 Å². The monoisotopic (exact) mass is 664 g/mol. The summed E-state index contributed by atoms with van der Waals surface area (Å²) in [7, 11) is 0. The van der Waals surface area contributed by atoms with E-state index in [0.717, 1.165) is 49.7 Å². The van der Waals surface area contributed by atoms with Crippen LogP contribution in [0.5, 0.6) is 0 Å². The number of para-hydroxylation sites is 2. The van der Waals surface area contributed by atoms with Crippen LogP contribution in [0.1, 0.15) is 5.56 Å². The van der Waals surface area contributed by atoms with Crippen molar-refractivity contribution < 1.29 is 0 Å². The molecule has 0 saturated heterocycles. The van der Waals surface area contributed by atoms with E-state index >= 15 is 0 Å². The largest absolute Gasteiger partial charge is 0.309 e. The summed E-state index contributed by atoms with van der Waals surface area (Å²) in [6, 6.07) is 60.5. The Hall–Kier alpha value is -7.36. The van der Waals surface area contributed by atoms with Gasteiger partial charge >= 0.3 is 0 Å². The van der Waals surface area contributed by atoms with Crippen molar-refractivity contribution in [3.8, 4) is 51.6 Å². The minimum atomic E-state index is 0.488. The first kappa shape index (κ1) is 29.5. The van der Waals surface area contributed by atoms with Gasteiger partial charge in [-0.25, -0.2) is 4.98 Å². The van der Waals surface area contributed by atoms with Crippen molar-refractivity contribution in [2.24, 2.45) is 0 Å². The molecule has 0 saturated carbocycles. The van der Waals surface area contributed by atoms with Crippen molar-refractivity contribution in [1.29, 1.82) is 5.26 Å². The maximum Gasteiger partial charge on any atom is 0.238 e. The molecule has 3 heterocycles. The summed E-state index contributed by atoms with van der Waals surface area (Å²) in [5.41, 5.74) is 9.78. The second-order valence-corrected chi connectivity index (χ2v) is 12.8. The van der Waals surface area contributed by atoms with Crippen molar-refractivity contribution in [2.75, 3.05) is 0 Å². The fourth-order valence-electron chi connectivity index (χ4n) is 7.38. The van der Waals surface area contributed by atoms with Crippen molar-refractivity contribution in [3.63, 3.8) is 0 Å². The van der Waals surface area contributed by atoms with E-state index in [1.807, 2.05) is 78.9 Å². The molecule has 3 aromatic heterocycles. The molecular weight excluding hydrogens is 637 g/mol. The van der Waals surface area contributed by atoms with Gasteiger partial charge in [-0.05, 0) is 53.6 Å². The van der Waals surface area contributed by atoms with Gasteiger partial charge in [0.1, 0.15) is 0 Å². The van der Waals surface area contributed by atoms with Gasteiger partial charge in [0.05, 0.1) is 33.7 Å². The van der Waals surface area contributed by atoms with Crippen LogP contribution in [-0.2, 0) is 0 Å². The molecule has 0 bridgehead atoms. The number of hydrogen-bond acceptors (Lipinski definition) is 4. The fraction of sp³-hybridized carbons (Fsp3) is 0. The molecule has 0 radical (unpaired) electrons. The van der Waals surface area contributed by atoms with Crippen molar-refractivity contribution in [2.45, 2.75) is 0 Å². The first-order valence-corrected chi connectivity index (χ1v) is 17.2. The molecule has 0 spiro atoms. The van der Waals surface area contributed by atoms with Gasteiger partial charge in [0, 0.05) is 38.4 Å². The number of rotatable bonds is 5. The summed E-state index contributed by atoms with van der Waals surface area (Å²) in [6.45, 7) is 0. The molecule has 0 aliphatic rings. The average Bonchev–Trinajstić information content (AvgIpc) is 3.73. The predicted molar refractivity (Wildman–Crippen MR) is 210 cm³/mol. The third-order valence-electron chi connectivity index (χ3n) is 9.82. The van der Waals surface area contributed by atoms with Gasteiger partial charge in [-0.2, -0.15) is 15.2 Å². The van der Waals surface area contributed by atoms with E-state index in [1.54, 1.807) is 0 Å². The van der Waals surface area contributed by atoms with E-state index < -0.39 is 0 Å². The SMILES string of the molecule is N#Cc1ccc2c3ccc(-c4ccc(-n5c6ccccc6c6ccccc65)cc4)cc3n(-c3nc(-c4ccccc4)nc(-c4ccccc4)n3)c2c1. The maximum atomic E-state index is 9.92. The quantitative estimate of drug-likeness (QED) is 0.184. The highest BCUT2D eigenvalue weighted by molar-refractivity contribution is 6.11. The Morgan fingerprint density at radius 2 is 0.885 bits per heavy atom. The summed E-state index contributed by atoms with van der Waals surface area (Å²) in [5.74, 6) is 1.64. The van der Waals surface area contributed by atoms with Crippen LogP contribution in [0, 0.1) is 11.3 Å². The Balaban J connectivity index is 1.17. The summed E-state index contributed by atoms with van der Waals surface area (Å²) in [4.78, 5) is 15.1. The van der Waals surface area contributed by atoms with Gasteiger partial charge in [0.25, 0.3) is 0 Å². The highest BCUT2D eigenvalue weighted by Gasteiger charge is 2.19. The summed E-state index contributed by atoms with van der Waals surface area (Å²) < 4.78 is 4.40. The molecule has 6 nitrogen and oxygen atoms in total. The van der Waals surface area contributed by atoms with Gasteiger partial charge in [0.2, 0.25) is 5.95 Å². The third kappa shape index (κ3) is 4.76. The van der Waals surface area contributed by atoms with Crippen molar-refractivity contribution in [3.05, 3.63) is 175 Å². The Morgan fingerprint density at radius 3 is 1.48 bits per heavy atom. The Labute approximate surface area is 299 Å². The molecular formula is C46H28N6. The van der Waals surface area contributed by atoms with Crippen LogP contribution in [0.25, 0.3) is 89.2 Å². The van der Waals surface area contributed by atoms with Gasteiger partial charge < -0.3 is 4.57 Å². The highest BCUT2D eigenvalue weighted by atomic mass is 15.2. The Morgan fingerprint density at radius 1 is 0.385 bits per heavy atom. The molecule has 6 heteroatoms. The molecule has 0 atom stereocenters. The lowest BCUT2D eigenvalue weighted by Gasteiger charge is -2.12. The molecule has 242 valence electrons. The van der Waals surface area contributed by atoms with Crippen LogP contribution >= 0.6 is 0 Å². The number of nitrogens with zero attached hydrogens (tertiary/aromatic N) is 6. The molecule has 0 unspecified atom stereocenters. The van der Waals surface area contributed by atoms with E-state index in [2.05, 4.69) is 106 Å². The van der Waals surface area contributed by atoms with E-state index in [4.69, 9.17) is 15.0 Å². The van der Waals surface area contributed by atoms with Gasteiger partial charge in [-0.15, -0.1) is 0 Å². The number of benzene rings is 7.